The fourth-order valence-electron chi connectivity index (χ4n) is 4.39. The van der Waals surface area contributed by atoms with Crippen molar-refractivity contribution in [3.8, 4) is 5.75 Å². The summed E-state index contributed by atoms with van der Waals surface area (Å²) in [6.45, 7) is 5.65. The number of carbonyl (C=O) groups excluding carboxylic acids is 1. The van der Waals surface area contributed by atoms with E-state index in [1.165, 1.54) is 12.1 Å². The van der Waals surface area contributed by atoms with Crippen molar-refractivity contribution in [2.24, 2.45) is 0 Å². The number of benzene rings is 3. The third-order valence-electron chi connectivity index (χ3n) is 6.25. The second kappa shape index (κ2) is 10.1. The summed E-state index contributed by atoms with van der Waals surface area (Å²) in [6.07, 6.45) is 0. The molecule has 0 spiro atoms. The molecule has 1 fully saturated rings. The summed E-state index contributed by atoms with van der Waals surface area (Å²) >= 11 is 3.47. The Labute approximate surface area is 206 Å². The molecule has 34 heavy (non-hydrogen) atoms. The Kier molecular flexibility index (Phi) is 7.19. The van der Waals surface area contributed by atoms with Gasteiger partial charge in [-0.15, -0.1) is 0 Å². The third kappa shape index (κ3) is 5.08. The second-order valence-electron chi connectivity index (χ2n) is 8.68. The van der Waals surface area contributed by atoms with Crippen molar-refractivity contribution in [1.82, 2.24) is 9.80 Å². The minimum Gasteiger partial charge on any atom is -0.482 e. The van der Waals surface area contributed by atoms with Gasteiger partial charge in [0.25, 0.3) is 5.91 Å². The Balaban J connectivity index is 1.45. The molecule has 3 aromatic carbocycles. The maximum absolute atomic E-state index is 13.2. The van der Waals surface area contributed by atoms with Crippen LogP contribution in [0, 0.1) is 5.82 Å². The monoisotopic (exact) mass is 528 g/mol. The molecule has 0 bridgehead atoms. The van der Waals surface area contributed by atoms with Crippen LogP contribution >= 0.6 is 15.9 Å². The van der Waals surface area contributed by atoms with Crippen LogP contribution in [0.3, 0.4) is 0 Å². The summed E-state index contributed by atoms with van der Waals surface area (Å²) in [5, 5.41) is 11.3. The molecule has 178 valence electrons. The second-order valence-corrected chi connectivity index (χ2v) is 9.48. The zero-order chi connectivity index (χ0) is 24.4. The number of aromatic carboxylic acids is 1. The van der Waals surface area contributed by atoms with Crippen molar-refractivity contribution >= 4 is 38.6 Å². The summed E-state index contributed by atoms with van der Waals surface area (Å²) < 4.78 is 19.5. The first-order chi connectivity index (χ1) is 16.2. The number of carbonyl (C=O) groups is 2. The van der Waals surface area contributed by atoms with Gasteiger partial charge in [-0.3, -0.25) is 9.69 Å². The SMILES string of the molecule is CC1CN(C(=O)COc2c(C(=O)O)cc3ccccc3c2Br)C(C)CN1Cc1ccc(F)cc1. The number of hydrogen-bond acceptors (Lipinski definition) is 4. The van der Waals surface area contributed by atoms with E-state index < -0.39 is 5.97 Å². The van der Waals surface area contributed by atoms with Gasteiger partial charge in [-0.2, -0.15) is 0 Å². The molecule has 1 heterocycles. The number of ether oxygens (including phenoxy) is 1. The molecule has 1 aliphatic rings. The van der Waals surface area contributed by atoms with E-state index >= 15 is 0 Å². The highest BCUT2D eigenvalue weighted by molar-refractivity contribution is 9.10. The number of piperazine rings is 1. The molecule has 0 aromatic heterocycles. The summed E-state index contributed by atoms with van der Waals surface area (Å²) in [4.78, 5) is 29.0. The van der Waals surface area contributed by atoms with E-state index in [2.05, 4.69) is 27.8 Å². The van der Waals surface area contributed by atoms with Gasteiger partial charge in [0.05, 0.1) is 4.47 Å². The van der Waals surface area contributed by atoms with Crippen molar-refractivity contribution in [3.05, 3.63) is 76.0 Å². The van der Waals surface area contributed by atoms with Crippen LogP contribution in [-0.2, 0) is 11.3 Å². The Morgan fingerprint density at radius 1 is 1.09 bits per heavy atom. The quantitative estimate of drug-likeness (QED) is 0.490. The zero-order valence-corrected chi connectivity index (χ0v) is 20.6. The van der Waals surface area contributed by atoms with Crippen LogP contribution < -0.4 is 4.74 Å². The van der Waals surface area contributed by atoms with E-state index in [1.54, 1.807) is 23.1 Å². The van der Waals surface area contributed by atoms with Gasteiger partial charge in [0.2, 0.25) is 0 Å². The van der Waals surface area contributed by atoms with Crippen LogP contribution in [0.1, 0.15) is 29.8 Å². The van der Waals surface area contributed by atoms with Gasteiger partial charge in [0.15, 0.2) is 6.61 Å². The molecular weight excluding hydrogens is 503 g/mol. The fraction of sp³-hybridized carbons (Fsp3) is 0.308. The summed E-state index contributed by atoms with van der Waals surface area (Å²) in [7, 11) is 0. The van der Waals surface area contributed by atoms with Gasteiger partial charge in [-0.05, 0) is 64.3 Å². The molecule has 1 saturated heterocycles. The highest BCUT2D eigenvalue weighted by Gasteiger charge is 2.32. The van der Waals surface area contributed by atoms with E-state index in [9.17, 15) is 19.1 Å². The summed E-state index contributed by atoms with van der Waals surface area (Å²) in [6, 6.07) is 15.5. The van der Waals surface area contributed by atoms with Crippen LogP contribution in [0.2, 0.25) is 0 Å². The van der Waals surface area contributed by atoms with E-state index in [1.807, 2.05) is 31.2 Å². The molecule has 3 aromatic rings. The summed E-state index contributed by atoms with van der Waals surface area (Å²) in [5.74, 6) is -1.43. The number of carboxylic acid groups (broad SMARTS) is 1. The smallest absolute Gasteiger partial charge is 0.339 e. The van der Waals surface area contributed by atoms with Crippen molar-refractivity contribution in [3.63, 3.8) is 0 Å². The largest absolute Gasteiger partial charge is 0.482 e. The molecular formula is C26H26BrFN2O4. The number of hydrogen-bond donors (Lipinski definition) is 1. The van der Waals surface area contributed by atoms with E-state index in [4.69, 9.17) is 4.74 Å². The number of amides is 1. The molecule has 6 nitrogen and oxygen atoms in total. The number of carboxylic acids is 1. The standard InChI is InChI=1S/C26H26BrFN2O4/c1-16-13-30(17(2)12-29(16)14-18-7-9-20(28)10-8-18)23(31)15-34-25-22(26(32)33)11-19-5-3-4-6-21(19)24(25)27/h3-11,16-17H,12-15H2,1-2H3,(H,32,33). The lowest BCUT2D eigenvalue weighted by Crippen LogP contribution is -2.58. The average molecular weight is 529 g/mol. The van der Waals surface area contributed by atoms with Gasteiger partial charge in [0.1, 0.15) is 17.1 Å². The molecule has 8 heteroatoms. The summed E-state index contributed by atoms with van der Waals surface area (Å²) in [5.41, 5.74) is 1.02. The van der Waals surface area contributed by atoms with E-state index in [0.717, 1.165) is 16.3 Å². The molecule has 0 radical (unpaired) electrons. The van der Waals surface area contributed by atoms with Crippen LogP contribution in [0.5, 0.6) is 5.75 Å². The van der Waals surface area contributed by atoms with E-state index in [-0.39, 0.29) is 41.7 Å². The predicted molar refractivity (Wildman–Crippen MR) is 132 cm³/mol. The zero-order valence-electron chi connectivity index (χ0n) is 19.0. The molecule has 0 saturated carbocycles. The molecule has 1 N–H and O–H groups in total. The molecule has 2 unspecified atom stereocenters. The number of rotatable bonds is 6. The highest BCUT2D eigenvalue weighted by Crippen LogP contribution is 2.37. The highest BCUT2D eigenvalue weighted by atomic mass is 79.9. The van der Waals surface area contributed by atoms with Gasteiger partial charge < -0.3 is 14.7 Å². The number of halogens is 2. The van der Waals surface area contributed by atoms with Gasteiger partial charge in [0, 0.05) is 31.7 Å². The lowest BCUT2D eigenvalue weighted by molar-refractivity contribution is -0.139. The Morgan fingerprint density at radius 2 is 1.79 bits per heavy atom. The molecule has 1 aliphatic heterocycles. The van der Waals surface area contributed by atoms with Crippen molar-refractivity contribution in [2.75, 3.05) is 19.7 Å². The van der Waals surface area contributed by atoms with Crippen LogP contribution in [0.4, 0.5) is 4.39 Å². The molecule has 4 rings (SSSR count). The van der Waals surface area contributed by atoms with Crippen molar-refractivity contribution < 1.29 is 23.8 Å². The van der Waals surface area contributed by atoms with Crippen molar-refractivity contribution in [1.29, 1.82) is 0 Å². The van der Waals surface area contributed by atoms with Gasteiger partial charge >= 0.3 is 5.97 Å². The van der Waals surface area contributed by atoms with Gasteiger partial charge in [-0.25, -0.2) is 9.18 Å². The maximum Gasteiger partial charge on any atom is 0.339 e. The minimum atomic E-state index is -1.12. The Bertz CT molecular complexity index is 1220. The first-order valence-electron chi connectivity index (χ1n) is 11.1. The number of fused-ring (bicyclic) bond motifs is 1. The third-order valence-corrected chi connectivity index (χ3v) is 7.03. The fourth-order valence-corrected chi connectivity index (χ4v) is 5.08. The van der Waals surface area contributed by atoms with E-state index in [0.29, 0.717) is 24.1 Å². The minimum absolute atomic E-state index is 0.00362. The van der Waals surface area contributed by atoms with Crippen LogP contribution in [0.25, 0.3) is 10.8 Å². The molecule has 0 aliphatic carbocycles. The first kappa shape index (κ1) is 24.2. The average Bonchev–Trinajstić information content (AvgIpc) is 2.81. The topological polar surface area (TPSA) is 70.1 Å². The predicted octanol–water partition coefficient (Wildman–Crippen LogP) is 4.94. The van der Waals surface area contributed by atoms with Gasteiger partial charge in [-0.1, -0.05) is 36.4 Å². The lowest BCUT2D eigenvalue weighted by Gasteiger charge is -2.44. The van der Waals surface area contributed by atoms with Crippen molar-refractivity contribution in [2.45, 2.75) is 32.5 Å². The van der Waals surface area contributed by atoms with Crippen LogP contribution in [-0.4, -0.2) is 58.6 Å². The first-order valence-corrected chi connectivity index (χ1v) is 11.9. The normalized spacial score (nSPS) is 18.8. The Hall–Kier alpha value is -2.97. The molecule has 1 amide bonds. The van der Waals surface area contributed by atoms with Crippen LogP contribution in [0.15, 0.2) is 59.1 Å². The lowest BCUT2D eigenvalue weighted by atomic mass is 10.1. The molecule has 2 atom stereocenters. The Morgan fingerprint density at radius 3 is 2.50 bits per heavy atom. The maximum atomic E-state index is 13.2. The number of nitrogens with zero attached hydrogens (tertiary/aromatic N) is 2.